The normalized spacial score (nSPS) is 12.7. The maximum Gasteiger partial charge on any atom is 0.412 e. The predicted octanol–water partition coefficient (Wildman–Crippen LogP) is 2.91. The van der Waals surface area contributed by atoms with Crippen LogP contribution in [0.15, 0.2) is 42.2 Å². The zero-order valence-electron chi connectivity index (χ0n) is 16.2. The monoisotopic (exact) mass is 428 g/mol. The highest BCUT2D eigenvalue weighted by Crippen LogP contribution is 2.16. The Morgan fingerprint density at radius 1 is 1.00 bits per heavy atom. The molecular weight excluding hydrogens is 409 g/mol. The molecule has 0 saturated heterocycles. The molecule has 160 valence electrons. The third-order valence-electron chi connectivity index (χ3n) is 3.54. The average Bonchev–Trinajstić information content (AvgIpc) is 2.60. The fourth-order valence-corrected chi connectivity index (χ4v) is 2.33. The van der Waals surface area contributed by atoms with Crippen LogP contribution in [-0.4, -0.2) is 17.4 Å². The van der Waals surface area contributed by atoms with Crippen LogP contribution in [0.3, 0.4) is 0 Å². The van der Waals surface area contributed by atoms with Crippen molar-refractivity contribution in [3.8, 4) is 0 Å². The number of hydrogen-bond donors (Lipinski definition) is 3. The molecule has 2 aromatic rings. The van der Waals surface area contributed by atoms with Gasteiger partial charge in [0.2, 0.25) is 5.71 Å². The van der Waals surface area contributed by atoms with E-state index in [-0.39, 0.29) is 17.0 Å². The van der Waals surface area contributed by atoms with Gasteiger partial charge in [0.1, 0.15) is 17.1 Å². The maximum atomic E-state index is 14.1. The molecule has 0 saturated carbocycles. The standard InChI is InChI=1S/C20H18F5N3O2/c1-20(2,3)30-19(29)27-16(9-26)17(10-4-5-12(22)13(23)6-10)28-18-14(24)7-11(21)8-15(18)25/h4-9H,26H2,1-3H3,(H,27,29)/p+1. The number of hydrogen-bond acceptors (Lipinski definition) is 3. The molecule has 0 spiro atoms. The van der Waals surface area contributed by atoms with E-state index < -0.39 is 46.5 Å². The van der Waals surface area contributed by atoms with E-state index in [2.05, 4.69) is 10.3 Å². The number of nitrogens with two attached hydrogens (primary N) is 1. The van der Waals surface area contributed by atoms with Crippen molar-refractivity contribution in [3.05, 3.63) is 76.9 Å². The third-order valence-corrected chi connectivity index (χ3v) is 3.54. The van der Waals surface area contributed by atoms with Crippen LogP contribution in [0.2, 0.25) is 0 Å². The molecule has 4 N–H and O–H groups in total. The van der Waals surface area contributed by atoms with Crippen molar-refractivity contribution >= 4 is 17.5 Å². The minimum Gasteiger partial charge on any atom is -0.444 e. The van der Waals surface area contributed by atoms with Gasteiger partial charge in [0.05, 0.1) is 5.56 Å². The van der Waals surface area contributed by atoms with Gasteiger partial charge in [0.25, 0.3) is 5.69 Å². The molecule has 0 radical (unpaired) electrons. The number of carbonyl (C=O) groups is 1. The number of ether oxygens (including phenoxy) is 1. The number of benzene rings is 2. The lowest BCUT2D eigenvalue weighted by molar-refractivity contribution is -0.358. The quantitative estimate of drug-likeness (QED) is 0.518. The SMILES string of the molecule is CC(C)(C)OC(=O)NC(=CN)C(=[NH+]c1c(F)cc(F)cc1F)c1ccc(F)c(F)c1. The molecule has 0 heterocycles. The van der Waals surface area contributed by atoms with E-state index in [1.165, 1.54) is 0 Å². The summed E-state index contributed by atoms with van der Waals surface area (Å²) in [6.45, 7) is 4.79. The van der Waals surface area contributed by atoms with E-state index in [1.807, 2.05) is 0 Å². The lowest BCUT2D eigenvalue weighted by Gasteiger charge is -2.20. The first kappa shape index (κ1) is 22.9. The summed E-state index contributed by atoms with van der Waals surface area (Å²) < 4.78 is 73.7. The summed E-state index contributed by atoms with van der Waals surface area (Å²) in [6.07, 6.45) is -0.117. The van der Waals surface area contributed by atoms with E-state index in [0.29, 0.717) is 12.1 Å². The lowest BCUT2D eigenvalue weighted by atomic mass is 10.1. The summed E-state index contributed by atoms with van der Waals surface area (Å²) in [5, 5.41) is 2.27. The molecule has 0 bridgehead atoms. The second-order valence-corrected chi connectivity index (χ2v) is 7.08. The second kappa shape index (κ2) is 8.93. The van der Waals surface area contributed by atoms with E-state index in [4.69, 9.17) is 10.5 Å². The molecule has 1 amide bonds. The van der Waals surface area contributed by atoms with Gasteiger partial charge in [-0.3, -0.25) is 5.32 Å². The van der Waals surface area contributed by atoms with Crippen LogP contribution < -0.4 is 16.0 Å². The predicted molar refractivity (Wildman–Crippen MR) is 99.0 cm³/mol. The van der Waals surface area contributed by atoms with Crippen molar-refractivity contribution in [2.45, 2.75) is 26.4 Å². The Balaban J connectivity index is 2.61. The van der Waals surface area contributed by atoms with Crippen LogP contribution >= 0.6 is 0 Å². The van der Waals surface area contributed by atoms with Gasteiger partial charge < -0.3 is 10.5 Å². The second-order valence-electron chi connectivity index (χ2n) is 7.08. The molecule has 0 unspecified atom stereocenters. The topological polar surface area (TPSA) is 78.3 Å². The first-order valence-electron chi connectivity index (χ1n) is 8.57. The minimum absolute atomic E-state index is 0.121. The van der Waals surface area contributed by atoms with Gasteiger partial charge in [-0.1, -0.05) is 0 Å². The van der Waals surface area contributed by atoms with Crippen LogP contribution in [0.4, 0.5) is 32.4 Å². The molecule has 0 aliphatic rings. The number of alkyl carbamates (subject to hydrolysis) is 1. The summed E-state index contributed by atoms with van der Waals surface area (Å²) in [7, 11) is 0. The number of rotatable bonds is 4. The Morgan fingerprint density at radius 3 is 2.10 bits per heavy atom. The Bertz CT molecular complexity index is 1010. The molecular formula is C20H19F5N3O2+. The smallest absolute Gasteiger partial charge is 0.412 e. The molecule has 5 nitrogen and oxygen atoms in total. The summed E-state index contributed by atoms with van der Waals surface area (Å²) in [4.78, 5) is 14.4. The highest BCUT2D eigenvalue weighted by Gasteiger charge is 2.26. The number of carbonyl (C=O) groups excluding carboxylic acids is 1. The Kier molecular flexibility index (Phi) is 6.81. The van der Waals surface area contributed by atoms with Gasteiger partial charge in [-0.2, -0.15) is 13.8 Å². The van der Waals surface area contributed by atoms with E-state index in [1.54, 1.807) is 20.8 Å². The lowest BCUT2D eigenvalue weighted by Crippen LogP contribution is -2.69. The minimum atomic E-state index is -1.30. The van der Waals surface area contributed by atoms with Crippen LogP contribution in [0, 0.1) is 29.1 Å². The molecule has 10 heteroatoms. The number of allylic oxidation sites excluding steroid dienone is 1. The molecule has 0 atom stereocenters. The Labute approximate surface area is 169 Å². The fourth-order valence-electron chi connectivity index (χ4n) is 2.33. The molecule has 0 aliphatic carbocycles. The molecule has 30 heavy (non-hydrogen) atoms. The maximum absolute atomic E-state index is 14.1. The number of nitrogens with one attached hydrogen (secondary N) is 2. The zero-order valence-corrected chi connectivity index (χ0v) is 16.2. The number of amides is 1. The molecule has 0 aliphatic heterocycles. The number of halogens is 5. The largest absolute Gasteiger partial charge is 0.444 e. The first-order chi connectivity index (χ1) is 13.9. The van der Waals surface area contributed by atoms with Crippen molar-refractivity contribution in [2.24, 2.45) is 5.73 Å². The van der Waals surface area contributed by atoms with Gasteiger partial charge in [-0.25, -0.2) is 18.0 Å². The Morgan fingerprint density at radius 2 is 1.60 bits per heavy atom. The average molecular weight is 428 g/mol. The van der Waals surface area contributed by atoms with Gasteiger partial charge in [-0.15, -0.1) is 0 Å². The van der Waals surface area contributed by atoms with Crippen LogP contribution in [0.1, 0.15) is 26.3 Å². The van der Waals surface area contributed by atoms with Gasteiger partial charge in [0, 0.05) is 18.3 Å². The van der Waals surface area contributed by atoms with Crippen molar-refractivity contribution in [1.82, 2.24) is 5.32 Å². The zero-order chi connectivity index (χ0) is 22.6. The highest BCUT2D eigenvalue weighted by atomic mass is 19.2. The first-order valence-corrected chi connectivity index (χ1v) is 8.57. The third kappa shape index (κ3) is 5.79. The van der Waals surface area contributed by atoms with Crippen molar-refractivity contribution < 1.29 is 36.5 Å². The highest BCUT2D eigenvalue weighted by molar-refractivity contribution is 6.10. The molecule has 2 rings (SSSR count). The molecule has 0 aromatic heterocycles. The van der Waals surface area contributed by atoms with Gasteiger partial charge in [0.15, 0.2) is 23.3 Å². The van der Waals surface area contributed by atoms with Gasteiger partial charge in [-0.05, 0) is 39.0 Å². The van der Waals surface area contributed by atoms with Crippen molar-refractivity contribution in [2.75, 3.05) is 0 Å². The fraction of sp³-hybridized carbons (Fsp3) is 0.200. The Hall–Kier alpha value is -3.43. The molecule has 2 aromatic carbocycles. The summed E-state index contributed by atoms with van der Waals surface area (Å²) in [5.41, 5.74) is 3.17. The van der Waals surface area contributed by atoms with E-state index in [9.17, 15) is 26.7 Å². The summed E-state index contributed by atoms with van der Waals surface area (Å²) >= 11 is 0. The summed E-state index contributed by atoms with van der Waals surface area (Å²) in [5.74, 6) is -6.20. The van der Waals surface area contributed by atoms with Gasteiger partial charge >= 0.3 is 6.09 Å². The van der Waals surface area contributed by atoms with E-state index in [0.717, 1.165) is 24.4 Å². The van der Waals surface area contributed by atoms with E-state index >= 15 is 0 Å². The van der Waals surface area contributed by atoms with Crippen molar-refractivity contribution in [1.29, 1.82) is 0 Å². The van der Waals surface area contributed by atoms with Crippen molar-refractivity contribution in [3.63, 3.8) is 0 Å². The summed E-state index contributed by atoms with van der Waals surface area (Å²) in [6, 6.07) is 3.41. The van der Waals surface area contributed by atoms with Crippen LogP contribution in [0.25, 0.3) is 0 Å². The molecule has 0 fully saturated rings. The van der Waals surface area contributed by atoms with Crippen LogP contribution in [-0.2, 0) is 4.74 Å². The van der Waals surface area contributed by atoms with Crippen LogP contribution in [0.5, 0.6) is 0 Å².